The zero-order valence-corrected chi connectivity index (χ0v) is 17.2. The number of aromatic amines is 1. The molecule has 2 aromatic carbocycles. The Morgan fingerprint density at radius 1 is 1.16 bits per heavy atom. The Kier molecular flexibility index (Phi) is 6.21. The fraction of sp³-hybridized carbons (Fsp3) is 0.250. The van der Waals surface area contributed by atoms with Gasteiger partial charge >= 0.3 is 0 Å². The van der Waals surface area contributed by atoms with E-state index in [1.807, 2.05) is 35.2 Å². The van der Waals surface area contributed by atoms with E-state index in [0.717, 1.165) is 6.42 Å². The highest BCUT2D eigenvalue weighted by Gasteiger charge is 2.20. The van der Waals surface area contributed by atoms with Crippen molar-refractivity contribution in [2.24, 2.45) is 0 Å². The van der Waals surface area contributed by atoms with Crippen molar-refractivity contribution in [3.63, 3.8) is 0 Å². The number of ether oxygens (including phenoxy) is 1. The van der Waals surface area contributed by atoms with E-state index >= 15 is 0 Å². The van der Waals surface area contributed by atoms with Crippen LogP contribution in [0.15, 0.2) is 66.0 Å². The van der Waals surface area contributed by atoms with Crippen molar-refractivity contribution in [2.45, 2.75) is 25.8 Å². The molecule has 1 aliphatic rings. The average molecular weight is 416 g/mol. The van der Waals surface area contributed by atoms with Crippen LogP contribution in [-0.4, -0.2) is 39.1 Å². The van der Waals surface area contributed by atoms with Crippen LogP contribution in [0.4, 0.5) is 0 Å². The highest BCUT2D eigenvalue weighted by Crippen LogP contribution is 2.21. The molecule has 0 saturated carbocycles. The second-order valence-corrected chi connectivity index (χ2v) is 7.41. The summed E-state index contributed by atoms with van der Waals surface area (Å²) in [5.74, 6) is 1.03. The molecular weight excluding hydrogens is 392 g/mol. The summed E-state index contributed by atoms with van der Waals surface area (Å²) in [5.41, 5.74) is 3.10. The second kappa shape index (κ2) is 9.38. The Bertz CT molecular complexity index is 1160. The Balaban J connectivity index is 1.40. The quantitative estimate of drug-likeness (QED) is 0.599. The minimum absolute atomic E-state index is 0.0202. The minimum atomic E-state index is -0.334. The van der Waals surface area contributed by atoms with E-state index in [0.29, 0.717) is 36.8 Å². The van der Waals surface area contributed by atoms with Crippen molar-refractivity contribution in [1.82, 2.24) is 20.1 Å². The molecule has 1 amide bonds. The van der Waals surface area contributed by atoms with Crippen molar-refractivity contribution in [2.75, 3.05) is 13.2 Å². The summed E-state index contributed by atoms with van der Waals surface area (Å²) in [5, 5.41) is 8.22. The molecule has 0 radical (unpaired) electrons. The number of fused-ring (bicyclic) bond motifs is 1. The lowest BCUT2D eigenvalue weighted by molar-refractivity contribution is -0.132. The van der Waals surface area contributed by atoms with Gasteiger partial charge in [0.25, 0.3) is 5.56 Å². The smallest absolute Gasteiger partial charge is 0.273 e. The molecule has 0 saturated heterocycles. The zero-order valence-electron chi connectivity index (χ0n) is 17.2. The Morgan fingerprint density at radius 3 is 2.81 bits per heavy atom. The molecular formula is C24H24N4O3. The molecule has 3 aromatic rings. The number of aromatic nitrogens is 3. The number of amides is 1. The predicted molar refractivity (Wildman–Crippen MR) is 118 cm³/mol. The third-order valence-electron chi connectivity index (χ3n) is 5.30. The maximum Gasteiger partial charge on any atom is 0.273 e. The van der Waals surface area contributed by atoms with Gasteiger partial charge in [-0.1, -0.05) is 49.1 Å². The van der Waals surface area contributed by atoms with Crippen LogP contribution in [0, 0.1) is 0 Å². The molecule has 1 N–H and O–H groups in total. The lowest BCUT2D eigenvalue weighted by atomic mass is 9.99. The number of carbonyl (C=O) groups excluding carboxylic acids is 1. The summed E-state index contributed by atoms with van der Waals surface area (Å²) in [4.78, 5) is 29.7. The van der Waals surface area contributed by atoms with E-state index in [2.05, 4.69) is 33.9 Å². The van der Waals surface area contributed by atoms with E-state index in [4.69, 9.17) is 4.74 Å². The summed E-state index contributed by atoms with van der Waals surface area (Å²) >= 11 is 0. The van der Waals surface area contributed by atoms with Crippen LogP contribution >= 0.6 is 0 Å². The maximum atomic E-state index is 12.6. The number of rotatable bonds is 7. The van der Waals surface area contributed by atoms with Gasteiger partial charge in [-0.2, -0.15) is 0 Å². The van der Waals surface area contributed by atoms with Crippen LogP contribution in [0.3, 0.4) is 0 Å². The van der Waals surface area contributed by atoms with Crippen LogP contribution in [-0.2, 0) is 24.2 Å². The highest BCUT2D eigenvalue weighted by molar-refractivity contribution is 5.76. The van der Waals surface area contributed by atoms with Crippen molar-refractivity contribution < 1.29 is 9.53 Å². The summed E-state index contributed by atoms with van der Waals surface area (Å²) in [6.07, 6.45) is 2.99. The topological polar surface area (TPSA) is 88.2 Å². The van der Waals surface area contributed by atoms with Gasteiger partial charge in [-0.05, 0) is 29.7 Å². The van der Waals surface area contributed by atoms with Gasteiger partial charge in [-0.3, -0.25) is 9.59 Å². The van der Waals surface area contributed by atoms with Gasteiger partial charge in [-0.15, -0.1) is 10.2 Å². The summed E-state index contributed by atoms with van der Waals surface area (Å²) < 4.78 is 5.52. The molecule has 0 unspecified atom stereocenters. The number of hydrogen-bond donors (Lipinski definition) is 1. The number of carbonyl (C=O) groups is 1. The third-order valence-corrected chi connectivity index (χ3v) is 5.30. The summed E-state index contributed by atoms with van der Waals surface area (Å²) in [6, 6.07) is 15.4. The molecule has 7 nitrogen and oxygen atoms in total. The number of nitrogens with one attached hydrogen (secondary N) is 1. The molecule has 0 spiro atoms. The van der Waals surface area contributed by atoms with Gasteiger partial charge in [0.2, 0.25) is 5.91 Å². The molecule has 1 aliphatic heterocycles. The SMILES string of the molecule is C=CCOc1cccc(-c2nnc(CCC(=O)N3CCc4ccccc4C3)c(=O)[nH]2)c1. The van der Waals surface area contributed by atoms with E-state index < -0.39 is 0 Å². The van der Waals surface area contributed by atoms with Crippen LogP contribution in [0.5, 0.6) is 5.75 Å². The van der Waals surface area contributed by atoms with Crippen molar-refractivity contribution in [3.8, 4) is 17.1 Å². The van der Waals surface area contributed by atoms with Gasteiger partial charge in [0.05, 0.1) is 0 Å². The number of nitrogens with zero attached hydrogens (tertiary/aromatic N) is 3. The first-order valence-corrected chi connectivity index (χ1v) is 10.3. The van der Waals surface area contributed by atoms with E-state index in [9.17, 15) is 9.59 Å². The number of benzene rings is 2. The first-order valence-electron chi connectivity index (χ1n) is 10.3. The molecule has 7 heteroatoms. The van der Waals surface area contributed by atoms with Gasteiger partial charge < -0.3 is 14.6 Å². The molecule has 0 bridgehead atoms. The number of H-pyrrole nitrogens is 1. The molecule has 0 aliphatic carbocycles. The highest BCUT2D eigenvalue weighted by atomic mass is 16.5. The predicted octanol–water partition coefficient (Wildman–Crippen LogP) is 2.91. The van der Waals surface area contributed by atoms with Crippen molar-refractivity contribution in [3.05, 3.63) is 88.4 Å². The standard InChI is InChI=1S/C24H24N4O3/c1-2-14-31-20-9-5-8-18(15-20)23-25-24(30)21(26-27-23)10-11-22(29)28-13-12-17-6-3-4-7-19(17)16-28/h2-9,15H,1,10-14,16H2,(H,25,27,30). The fourth-order valence-corrected chi connectivity index (χ4v) is 3.63. The van der Waals surface area contributed by atoms with Crippen LogP contribution in [0.2, 0.25) is 0 Å². The minimum Gasteiger partial charge on any atom is -0.490 e. The Morgan fingerprint density at radius 2 is 2.00 bits per heavy atom. The Labute approximate surface area is 180 Å². The molecule has 4 rings (SSSR count). The van der Waals surface area contributed by atoms with Gasteiger partial charge in [0.1, 0.15) is 18.1 Å². The Hall–Kier alpha value is -3.74. The molecule has 2 heterocycles. The molecule has 0 fully saturated rings. The lowest BCUT2D eigenvalue weighted by Crippen LogP contribution is -2.36. The molecule has 158 valence electrons. The monoisotopic (exact) mass is 416 g/mol. The fourth-order valence-electron chi connectivity index (χ4n) is 3.63. The first kappa shape index (κ1) is 20.5. The van der Waals surface area contributed by atoms with Gasteiger partial charge in [0.15, 0.2) is 5.82 Å². The van der Waals surface area contributed by atoms with Gasteiger partial charge in [0, 0.05) is 31.5 Å². The zero-order chi connectivity index (χ0) is 21.6. The van der Waals surface area contributed by atoms with Crippen molar-refractivity contribution >= 4 is 5.91 Å². The van der Waals surface area contributed by atoms with Crippen LogP contribution < -0.4 is 10.3 Å². The largest absolute Gasteiger partial charge is 0.490 e. The number of hydrogen-bond acceptors (Lipinski definition) is 5. The van der Waals surface area contributed by atoms with Crippen LogP contribution in [0.1, 0.15) is 23.2 Å². The normalized spacial score (nSPS) is 12.8. The van der Waals surface area contributed by atoms with E-state index in [-0.39, 0.29) is 30.0 Å². The maximum absolute atomic E-state index is 12.6. The summed E-state index contributed by atoms with van der Waals surface area (Å²) in [6.45, 7) is 5.32. The van der Waals surface area contributed by atoms with Crippen molar-refractivity contribution in [1.29, 1.82) is 0 Å². The summed E-state index contributed by atoms with van der Waals surface area (Å²) in [7, 11) is 0. The molecule has 0 atom stereocenters. The van der Waals surface area contributed by atoms with Crippen LogP contribution in [0.25, 0.3) is 11.4 Å². The molecule has 1 aromatic heterocycles. The van der Waals surface area contributed by atoms with E-state index in [1.165, 1.54) is 11.1 Å². The third kappa shape index (κ3) is 4.88. The average Bonchev–Trinajstić information content (AvgIpc) is 2.81. The number of aryl methyl sites for hydroxylation is 1. The first-order chi connectivity index (χ1) is 15.1. The molecule has 31 heavy (non-hydrogen) atoms. The second-order valence-electron chi connectivity index (χ2n) is 7.41. The van der Waals surface area contributed by atoms with Gasteiger partial charge in [-0.25, -0.2) is 0 Å². The van der Waals surface area contributed by atoms with E-state index in [1.54, 1.807) is 12.1 Å². The lowest BCUT2D eigenvalue weighted by Gasteiger charge is -2.28.